The van der Waals surface area contributed by atoms with Crippen LogP contribution in [0.5, 0.6) is 5.75 Å². The molecule has 0 unspecified atom stereocenters. The third-order valence-corrected chi connectivity index (χ3v) is 2.21. The van der Waals surface area contributed by atoms with Gasteiger partial charge in [-0.25, -0.2) is 4.98 Å². The van der Waals surface area contributed by atoms with E-state index in [1.165, 1.54) is 37.4 Å². The number of esters is 1. The first-order valence-electron chi connectivity index (χ1n) is 5.02. The first kappa shape index (κ1) is 13.0. The van der Waals surface area contributed by atoms with Gasteiger partial charge in [0, 0.05) is 19.8 Å². The SMILES string of the molecule is COC(=O)CCN(C)C(=O)c1ncccc1O. The van der Waals surface area contributed by atoms with E-state index < -0.39 is 11.9 Å². The van der Waals surface area contributed by atoms with Crippen LogP contribution in [0.3, 0.4) is 0 Å². The maximum atomic E-state index is 11.8. The van der Waals surface area contributed by atoms with E-state index in [1.807, 2.05) is 0 Å². The molecule has 92 valence electrons. The summed E-state index contributed by atoms with van der Waals surface area (Å²) < 4.78 is 4.47. The minimum absolute atomic E-state index is 0.0279. The highest BCUT2D eigenvalue weighted by molar-refractivity contribution is 5.94. The smallest absolute Gasteiger partial charge is 0.307 e. The van der Waals surface area contributed by atoms with E-state index in [1.54, 1.807) is 0 Å². The van der Waals surface area contributed by atoms with Crippen LogP contribution in [0.4, 0.5) is 0 Å². The summed E-state index contributed by atoms with van der Waals surface area (Å²) in [5.74, 6) is -1.01. The Kier molecular flexibility index (Phi) is 4.45. The Morgan fingerprint density at radius 2 is 2.24 bits per heavy atom. The first-order chi connectivity index (χ1) is 8.06. The molecule has 0 saturated carbocycles. The third kappa shape index (κ3) is 3.44. The Morgan fingerprint density at radius 1 is 1.53 bits per heavy atom. The Balaban J connectivity index is 2.64. The maximum absolute atomic E-state index is 11.8. The number of carbonyl (C=O) groups is 2. The zero-order valence-electron chi connectivity index (χ0n) is 9.71. The van der Waals surface area contributed by atoms with Gasteiger partial charge in [-0.05, 0) is 12.1 Å². The number of pyridine rings is 1. The van der Waals surface area contributed by atoms with Crippen molar-refractivity contribution < 1.29 is 19.4 Å². The summed E-state index contributed by atoms with van der Waals surface area (Å²) in [6.45, 7) is 0.210. The summed E-state index contributed by atoms with van der Waals surface area (Å²) in [4.78, 5) is 27.8. The largest absolute Gasteiger partial charge is 0.505 e. The molecule has 0 aliphatic carbocycles. The van der Waals surface area contributed by atoms with Gasteiger partial charge in [-0.3, -0.25) is 9.59 Å². The molecule has 1 aromatic rings. The number of amides is 1. The lowest BCUT2D eigenvalue weighted by atomic mass is 10.3. The van der Waals surface area contributed by atoms with Crippen molar-refractivity contribution in [3.63, 3.8) is 0 Å². The fourth-order valence-corrected chi connectivity index (χ4v) is 1.20. The number of hydrogen-bond donors (Lipinski definition) is 1. The molecular weight excluding hydrogens is 224 g/mol. The minimum Gasteiger partial charge on any atom is -0.505 e. The highest BCUT2D eigenvalue weighted by atomic mass is 16.5. The number of aromatic hydroxyl groups is 1. The summed E-state index contributed by atoms with van der Waals surface area (Å²) in [5.41, 5.74) is -0.0279. The Hall–Kier alpha value is -2.11. The summed E-state index contributed by atoms with van der Waals surface area (Å²) in [6, 6.07) is 2.91. The molecule has 0 aromatic carbocycles. The number of aromatic nitrogens is 1. The molecule has 6 heteroatoms. The molecule has 0 fully saturated rings. The number of ether oxygens (including phenoxy) is 1. The number of rotatable bonds is 4. The highest BCUT2D eigenvalue weighted by Gasteiger charge is 2.17. The minimum atomic E-state index is -0.438. The van der Waals surface area contributed by atoms with Crippen molar-refractivity contribution in [2.45, 2.75) is 6.42 Å². The predicted molar refractivity (Wildman–Crippen MR) is 59.5 cm³/mol. The van der Waals surface area contributed by atoms with Crippen LogP contribution >= 0.6 is 0 Å². The molecule has 6 nitrogen and oxygen atoms in total. The van der Waals surface area contributed by atoms with Gasteiger partial charge < -0.3 is 14.7 Å². The van der Waals surface area contributed by atoms with Crippen LogP contribution in [0.2, 0.25) is 0 Å². The fourth-order valence-electron chi connectivity index (χ4n) is 1.20. The van der Waals surface area contributed by atoms with E-state index in [0.717, 1.165) is 0 Å². The van der Waals surface area contributed by atoms with Crippen molar-refractivity contribution in [3.05, 3.63) is 24.0 Å². The second-order valence-corrected chi connectivity index (χ2v) is 3.42. The number of hydrogen-bond acceptors (Lipinski definition) is 5. The second-order valence-electron chi connectivity index (χ2n) is 3.42. The van der Waals surface area contributed by atoms with Crippen LogP contribution in [0.1, 0.15) is 16.9 Å². The van der Waals surface area contributed by atoms with Crippen LogP contribution in [0, 0.1) is 0 Å². The van der Waals surface area contributed by atoms with Gasteiger partial charge in [0.1, 0.15) is 5.75 Å². The molecule has 0 atom stereocenters. The Morgan fingerprint density at radius 3 is 2.82 bits per heavy atom. The van der Waals surface area contributed by atoms with Crippen LogP contribution in [-0.4, -0.2) is 47.6 Å². The third-order valence-electron chi connectivity index (χ3n) is 2.21. The van der Waals surface area contributed by atoms with Crippen molar-refractivity contribution in [3.8, 4) is 5.75 Å². The maximum Gasteiger partial charge on any atom is 0.307 e. The molecule has 0 radical (unpaired) electrons. The van der Waals surface area contributed by atoms with Gasteiger partial charge in [0.25, 0.3) is 5.91 Å². The average molecular weight is 238 g/mol. The van der Waals surface area contributed by atoms with E-state index in [0.29, 0.717) is 0 Å². The van der Waals surface area contributed by atoms with E-state index in [9.17, 15) is 14.7 Å². The van der Waals surface area contributed by atoms with Gasteiger partial charge in [-0.2, -0.15) is 0 Å². The van der Waals surface area contributed by atoms with Crippen molar-refractivity contribution in [1.29, 1.82) is 0 Å². The average Bonchev–Trinajstić information content (AvgIpc) is 2.35. The van der Waals surface area contributed by atoms with E-state index in [-0.39, 0.29) is 24.4 Å². The number of nitrogens with zero attached hydrogens (tertiary/aromatic N) is 2. The molecule has 1 aromatic heterocycles. The standard InChI is InChI=1S/C11H14N2O4/c1-13(7-5-9(15)17-2)11(16)10-8(14)4-3-6-12-10/h3-4,6,14H,5,7H2,1-2H3. The number of carbonyl (C=O) groups excluding carboxylic acids is 2. The lowest BCUT2D eigenvalue weighted by Gasteiger charge is -2.16. The molecule has 0 aliphatic heterocycles. The Bertz CT molecular complexity index is 420. The lowest BCUT2D eigenvalue weighted by Crippen LogP contribution is -2.30. The zero-order chi connectivity index (χ0) is 12.8. The van der Waals surface area contributed by atoms with Crippen LogP contribution in [0.25, 0.3) is 0 Å². The molecule has 1 heterocycles. The molecule has 17 heavy (non-hydrogen) atoms. The Labute approximate surface area is 98.8 Å². The first-order valence-corrected chi connectivity index (χ1v) is 5.02. The van der Waals surface area contributed by atoms with Gasteiger partial charge in [0.2, 0.25) is 0 Å². The van der Waals surface area contributed by atoms with Gasteiger partial charge in [0.15, 0.2) is 5.69 Å². The summed E-state index contributed by atoms with van der Waals surface area (Å²) >= 11 is 0. The van der Waals surface area contributed by atoms with Crippen LogP contribution in [0.15, 0.2) is 18.3 Å². The summed E-state index contributed by atoms with van der Waals surface area (Å²) in [6.07, 6.45) is 1.52. The highest BCUT2D eigenvalue weighted by Crippen LogP contribution is 2.14. The molecule has 0 saturated heterocycles. The molecular formula is C11H14N2O4. The van der Waals surface area contributed by atoms with Gasteiger partial charge in [0.05, 0.1) is 13.5 Å². The van der Waals surface area contributed by atoms with Gasteiger partial charge in [-0.15, -0.1) is 0 Å². The summed E-state index contributed by atoms with van der Waals surface area (Å²) in [5, 5.41) is 9.45. The molecule has 1 amide bonds. The van der Waals surface area contributed by atoms with Gasteiger partial charge >= 0.3 is 5.97 Å². The van der Waals surface area contributed by atoms with Crippen molar-refractivity contribution in [2.24, 2.45) is 0 Å². The van der Waals surface area contributed by atoms with Gasteiger partial charge in [-0.1, -0.05) is 0 Å². The van der Waals surface area contributed by atoms with Crippen LogP contribution < -0.4 is 0 Å². The van der Waals surface area contributed by atoms with Crippen molar-refractivity contribution in [2.75, 3.05) is 20.7 Å². The molecule has 1 N–H and O–H groups in total. The topological polar surface area (TPSA) is 79.7 Å². The monoisotopic (exact) mass is 238 g/mol. The quantitative estimate of drug-likeness (QED) is 0.769. The van der Waals surface area contributed by atoms with Crippen molar-refractivity contribution in [1.82, 2.24) is 9.88 Å². The molecule has 0 spiro atoms. The molecule has 0 bridgehead atoms. The molecule has 0 aliphatic rings. The second kappa shape index (κ2) is 5.83. The lowest BCUT2D eigenvalue weighted by molar-refractivity contribution is -0.140. The molecule has 1 rings (SSSR count). The normalized spacial score (nSPS) is 9.76. The number of methoxy groups -OCH3 is 1. The zero-order valence-corrected chi connectivity index (χ0v) is 9.71. The van der Waals surface area contributed by atoms with E-state index in [4.69, 9.17) is 0 Å². The predicted octanol–water partition coefficient (Wildman–Crippen LogP) is 0.422. The van der Waals surface area contributed by atoms with Crippen LogP contribution in [-0.2, 0) is 9.53 Å². The van der Waals surface area contributed by atoms with E-state index in [2.05, 4.69) is 9.72 Å². The van der Waals surface area contributed by atoms with Crippen molar-refractivity contribution >= 4 is 11.9 Å². The fraction of sp³-hybridized carbons (Fsp3) is 0.364. The summed E-state index contributed by atoms with van der Waals surface area (Å²) in [7, 11) is 2.81. The van der Waals surface area contributed by atoms with E-state index >= 15 is 0 Å².